The summed E-state index contributed by atoms with van der Waals surface area (Å²) in [6, 6.07) is 5.77. The fourth-order valence-electron chi connectivity index (χ4n) is 2.60. The molecule has 1 aliphatic rings. The molecule has 1 saturated heterocycles. The molecule has 116 valence electrons. The topological polar surface area (TPSA) is 53.6 Å². The molecular weight excluding hydrogens is 266 g/mol. The number of carbonyl (C=O) groups excluding carboxylic acids is 1. The summed E-state index contributed by atoms with van der Waals surface area (Å²) >= 11 is 0. The van der Waals surface area contributed by atoms with E-state index < -0.39 is 0 Å². The fourth-order valence-corrected chi connectivity index (χ4v) is 2.60. The highest BCUT2D eigenvalue weighted by Crippen LogP contribution is 2.25. The third-order valence-electron chi connectivity index (χ3n) is 3.94. The summed E-state index contributed by atoms with van der Waals surface area (Å²) in [6.07, 6.45) is 0. The van der Waals surface area contributed by atoms with Gasteiger partial charge in [0.2, 0.25) is 5.91 Å². The quantitative estimate of drug-likeness (QED) is 0.885. The maximum absolute atomic E-state index is 12.3. The first-order chi connectivity index (χ1) is 9.92. The fraction of sp³-hybridized carbons (Fsp3) is 0.562. The van der Waals surface area contributed by atoms with Crippen LogP contribution in [-0.4, -0.2) is 49.6 Å². The Balaban J connectivity index is 2.03. The molecule has 1 heterocycles. The molecular formula is C16H25N3O2. The Labute approximate surface area is 126 Å². The molecule has 5 heteroatoms. The smallest absolute Gasteiger partial charge is 0.238 e. The molecule has 0 aromatic heterocycles. The second-order valence-corrected chi connectivity index (χ2v) is 6.16. The number of nitrogens with zero attached hydrogens (tertiary/aromatic N) is 1. The summed E-state index contributed by atoms with van der Waals surface area (Å²) in [6.45, 7) is 9.39. The van der Waals surface area contributed by atoms with Crippen molar-refractivity contribution in [2.45, 2.75) is 26.3 Å². The van der Waals surface area contributed by atoms with Gasteiger partial charge in [0.1, 0.15) is 5.75 Å². The number of carbonyl (C=O) groups is 1. The van der Waals surface area contributed by atoms with Crippen molar-refractivity contribution in [3.8, 4) is 5.75 Å². The van der Waals surface area contributed by atoms with Gasteiger partial charge in [0, 0.05) is 25.2 Å². The minimum absolute atomic E-state index is 0.00567. The van der Waals surface area contributed by atoms with Crippen molar-refractivity contribution >= 4 is 11.6 Å². The lowest BCUT2D eigenvalue weighted by molar-refractivity contribution is -0.119. The number of hydrogen-bond acceptors (Lipinski definition) is 4. The Hall–Kier alpha value is -1.59. The van der Waals surface area contributed by atoms with Crippen LogP contribution >= 0.6 is 0 Å². The van der Waals surface area contributed by atoms with Gasteiger partial charge in [-0.05, 0) is 38.5 Å². The molecule has 0 spiro atoms. The molecule has 0 radical (unpaired) electrons. The van der Waals surface area contributed by atoms with Crippen molar-refractivity contribution in [3.05, 3.63) is 23.8 Å². The average molecular weight is 291 g/mol. The number of nitrogens with one attached hydrogen (secondary N) is 2. The maximum atomic E-state index is 12.3. The van der Waals surface area contributed by atoms with E-state index in [0.717, 1.165) is 30.9 Å². The number of hydrogen-bond donors (Lipinski definition) is 2. The van der Waals surface area contributed by atoms with Crippen LogP contribution in [0, 0.1) is 6.92 Å². The molecule has 21 heavy (non-hydrogen) atoms. The van der Waals surface area contributed by atoms with E-state index in [9.17, 15) is 4.79 Å². The lowest BCUT2D eigenvalue weighted by Crippen LogP contribution is -2.59. The van der Waals surface area contributed by atoms with Crippen molar-refractivity contribution in [2.24, 2.45) is 0 Å². The van der Waals surface area contributed by atoms with E-state index in [1.807, 2.05) is 25.1 Å². The zero-order chi connectivity index (χ0) is 15.5. The van der Waals surface area contributed by atoms with Gasteiger partial charge in [-0.15, -0.1) is 0 Å². The molecule has 1 fully saturated rings. The Bertz CT molecular complexity index is 514. The van der Waals surface area contributed by atoms with Crippen LogP contribution in [0.3, 0.4) is 0 Å². The molecule has 2 N–H and O–H groups in total. The van der Waals surface area contributed by atoms with Gasteiger partial charge in [-0.1, -0.05) is 6.07 Å². The van der Waals surface area contributed by atoms with Crippen LogP contribution in [0.1, 0.15) is 19.4 Å². The SMILES string of the molecule is COc1ccc(C)cc1NC(=O)CN1CCNCC1(C)C. The van der Waals surface area contributed by atoms with E-state index in [1.165, 1.54) is 0 Å². The minimum atomic E-state index is -0.00766. The standard InChI is InChI=1S/C16H25N3O2/c1-12-5-6-14(21-4)13(9-12)18-15(20)10-19-8-7-17-11-16(19,2)3/h5-6,9,17H,7-8,10-11H2,1-4H3,(H,18,20). The van der Waals surface area contributed by atoms with E-state index in [-0.39, 0.29) is 11.4 Å². The van der Waals surface area contributed by atoms with Gasteiger partial charge in [-0.2, -0.15) is 0 Å². The Morgan fingerprint density at radius 3 is 2.90 bits per heavy atom. The van der Waals surface area contributed by atoms with Crippen molar-refractivity contribution in [3.63, 3.8) is 0 Å². The van der Waals surface area contributed by atoms with Crippen LogP contribution < -0.4 is 15.4 Å². The highest BCUT2D eigenvalue weighted by atomic mass is 16.5. The van der Waals surface area contributed by atoms with Crippen LogP contribution in [0.5, 0.6) is 5.75 Å². The Kier molecular flexibility index (Phi) is 4.85. The first-order valence-electron chi connectivity index (χ1n) is 7.32. The molecule has 5 nitrogen and oxygen atoms in total. The van der Waals surface area contributed by atoms with E-state index in [2.05, 4.69) is 29.4 Å². The second-order valence-electron chi connectivity index (χ2n) is 6.16. The van der Waals surface area contributed by atoms with Gasteiger partial charge < -0.3 is 15.4 Å². The van der Waals surface area contributed by atoms with E-state index in [4.69, 9.17) is 4.74 Å². The number of benzene rings is 1. The summed E-state index contributed by atoms with van der Waals surface area (Å²) < 4.78 is 5.29. The Morgan fingerprint density at radius 1 is 1.48 bits per heavy atom. The van der Waals surface area contributed by atoms with Crippen LogP contribution in [0.15, 0.2) is 18.2 Å². The first kappa shape index (κ1) is 15.8. The molecule has 0 saturated carbocycles. The van der Waals surface area contributed by atoms with Gasteiger partial charge in [-0.25, -0.2) is 0 Å². The van der Waals surface area contributed by atoms with Crippen LogP contribution in [0.4, 0.5) is 5.69 Å². The predicted octanol–water partition coefficient (Wildman–Crippen LogP) is 1.63. The molecule has 1 aromatic carbocycles. The summed E-state index contributed by atoms with van der Waals surface area (Å²) in [7, 11) is 1.61. The lowest BCUT2D eigenvalue weighted by Gasteiger charge is -2.42. The minimum Gasteiger partial charge on any atom is -0.495 e. The normalized spacial score (nSPS) is 18.3. The number of ether oxygens (including phenoxy) is 1. The molecule has 0 aliphatic carbocycles. The highest BCUT2D eigenvalue weighted by molar-refractivity contribution is 5.93. The van der Waals surface area contributed by atoms with Crippen LogP contribution in [-0.2, 0) is 4.79 Å². The summed E-state index contributed by atoms with van der Waals surface area (Å²) in [4.78, 5) is 14.5. The van der Waals surface area contributed by atoms with Gasteiger partial charge in [-0.3, -0.25) is 9.69 Å². The lowest BCUT2D eigenvalue weighted by atomic mass is 10.0. The first-order valence-corrected chi connectivity index (χ1v) is 7.32. The summed E-state index contributed by atoms with van der Waals surface area (Å²) in [5, 5.41) is 6.32. The number of rotatable bonds is 4. The van der Waals surface area contributed by atoms with Crippen molar-refractivity contribution in [2.75, 3.05) is 38.6 Å². The second kappa shape index (κ2) is 6.45. The Morgan fingerprint density at radius 2 is 2.24 bits per heavy atom. The summed E-state index contributed by atoms with van der Waals surface area (Å²) in [5.74, 6) is 0.683. The van der Waals surface area contributed by atoms with Crippen LogP contribution in [0.2, 0.25) is 0 Å². The number of aryl methyl sites for hydroxylation is 1. The maximum Gasteiger partial charge on any atom is 0.238 e. The number of amides is 1. The summed E-state index contributed by atoms with van der Waals surface area (Å²) in [5.41, 5.74) is 1.82. The molecule has 0 unspecified atom stereocenters. The van der Waals surface area contributed by atoms with Gasteiger partial charge >= 0.3 is 0 Å². The zero-order valence-corrected chi connectivity index (χ0v) is 13.3. The van der Waals surface area contributed by atoms with E-state index >= 15 is 0 Å². The van der Waals surface area contributed by atoms with Crippen LogP contribution in [0.25, 0.3) is 0 Å². The number of anilines is 1. The van der Waals surface area contributed by atoms with Crippen molar-refractivity contribution in [1.29, 1.82) is 0 Å². The van der Waals surface area contributed by atoms with Gasteiger partial charge in [0.05, 0.1) is 19.3 Å². The van der Waals surface area contributed by atoms with Crippen molar-refractivity contribution < 1.29 is 9.53 Å². The predicted molar refractivity (Wildman–Crippen MR) is 84.9 cm³/mol. The molecule has 0 atom stereocenters. The number of methoxy groups -OCH3 is 1. The van der Waals surface area contributed by atoms with Gasteiger partial charge in [0.15, 0.2) is 0 Å². The molecule has 1 aliphatic heterocycles. The molecule has 2 rings (SSSR count). The average Bonchev–Trinajstić information content (AvgIpc) is 2.41. The zero-order valence-electron chi connectivity index (χ0n) is 13.3. The third-order valence-corrected chi connectivity index (χ3v) is 3.94. The van der Waals surface area contributed by atoms with E-state index in [0.29, 0.717) is 12.3 Å². The molecule has 1 aromatic rings. The van der Waals surface area contributed by atoms with Crippen molar-refractivity contribution in [1.82, 2.24) is 10.2 Å². The monoisotopic (exact) mass is 291 g/mol. The third kappa shape index (κ3) is 3.95. The molecule has 1 amide bonds. The van der Waals surface area contributed by atoms with Gasteiger partial charge in [0.25, 0.3) is 0 Å². The number of piperazine rings is 1. The van der Waals surface area contributed by atoms with E-state index in [1.54, 1.807) is 7.11 Å². The molecule has 0 bridgehead atoms. The highest BCUT2D eigenvalue weighted by Gasteiger charge is 2.30. The largest absolute Gasteiger partial charge is 0.495 e.